The maximum absolute atomic E-state index is 8.69. The van der Waals surface area contributed by atoms with E-state index in [9.17, 15) is 0 Å². The lowest BCUT2D eigenvalue weighted by atomic mass is 10.0. The first-order valence-corrected chi connectivity index (χ1v) is 5.17. The van der Waals surface area contributed by atoms with Crippen molar-refractivity contribution in [3.63, 3.8) is 0 Å². The molecule has 0 aromatic heterocycles. The van der Waals surface area contributed by atoms with Gasteiger partial charge >= 0.3 is 0 Å². The van der Waals surface area contributed by atoms with Crippen molar-refractivity contribution < 1.29 is 9.84 Å². The van der Waals surface area contributed by atoms with E-state index in [1.807, 2.05) is 12.1 Å². The molecule has 1 aromatic rings. The molecule has 0 aliphatic carbocycles. The molecule has 0 saturated heterocycles. The first-order chi connectivity index (χ1) is 6.83. The van der Waals surface area contributed by atoms with Crippen molar-refractivity contribution in [2.75, 3.05) is 13.2 Å². The Kier molecular flexibility index (Phi) is 4.47. The first-order valence-electron chi connectivity index (χ1n) is 5.17. The highest BCUT2D eigenvalue weighted by molar-refractivity contribution is 5.40. The van der Waals surface area contributed by atoms with Gasteiger partial charge in [-0.1, -0.05) is 26.0 Å². The van der Waals surface area contributed by atoms with Gasteiger partial charge in [0.25, 0.3) is 0 Å². The Morgan fingerprint density at radius 1 is 1.21 bits per heavy atom. The van der Waals surface area contributed by atoms with Gasteiger partial charge in [0.05, 0.1) is 6.61 Å². The summed E-state index contributed by atoms with van der Waals surface area (Å²) >= 11 is 0. The molecule has 1 rings (SSSR count). The quantitative estimate of drug-likeness (QED) is 0.778. The fraction of sp³-hybridized carbons (Fsp3) is 0.500. The van der Waals surface area contributed by atoms with Gasteiger partial charge in [-0.15, -0.1) is 0 Å². The van der Waals surface area contributed by atoms with Crippen molar-refractivity contribution >= 4 is 0 Å². The predicted octanol–water partition coefficient (Wildman–Crippen LogP) is 2.18. The highest BCUT2D eigenvalue weighted by Crippen LogP contribution is 2.23. The van der Waals surface area contributed by atoms with Crippen LogP contribution in [0.1, 0.15) is 25.0 Å². The van der Waals surface area contributed by atoms with Crippen molar-refractivity contribution in [2.24, 2.45) is 0 Å². The smallest absolute Gasteiger partial charge is 0.122 e. The Hall–Kier alpha value is -1.02. The van der Waals surface area contributed by atoms with Crippen molar-refractivity contribution in [3.8, 4) is 5.75 Å². The molecular weight excluding hydrogens is 176 g/mol. The first kappa shape index (κ1) is 11.1. The number of ether oxygens (including phenoxy) is 1. The van der Waals surface area contributed by atoms with E-state index in [4.69, 9.17) is 9.84 Å². The molecule has 14 heavy (non-hydrogen) atoms. The molecule has 1 aromatic carbocycles. The van der Waals surface area contributed by atoms with Gasteiger partial charge in [0.1, 0.15) is 12.4 Å². The van der Waals surface area contributed by atoms with Gasteiger partial charge in [0.2, 0.25) is 0 Å². The van der Waals surface area contributed by atoms with E-state index in [-0.39, 0.29) is 6.61 Å². The molecule has 0 fully saturated rings. The highest BCUT2D eigenvalue weighted by Gasteiger charge is 2.05. The summed E-state index contributed by atoms with van der Waals surface area (Å²) in [6, 6.07) is 6.10. The number of aliphatic hydroxyl groups excluding tert-OH is 1. The molecule has 0 amide bonds. The van der Waals surface area contributed by atoms with Gasteiger partial charge in [-0.3, -0.25) is 0 Å². The molecule has 0 heterocycles. The van der Waals surface area contributed by atoms with Crippen molar-refractivity contribution in [3.05, 3.63) is 29.3 Å². The number of hydrogen-bond donors (Lipinski definition) is 1. The average Bonchev–Trinajstić information content (AvgIpc) is 2.25. The second kappa shape index (κ2) is 5.66. The van der Waals surface area contributed by atoms with Crippen LogP contribution in [0.15, 0.2) is 18.2 Å². The van der Waals surface area contributed by atoms with Crippen LogP contribution in [-0.2, 0) is 12.8 Å². The number of hydrogen-bond acceptors (Lipinski definition) is 2. The van der Waals surface area contributed by atoms with Gasteiger partial charge in [-0.2, -0.15) is 0 Å². The van der Waals surface area contributed by atoms with Crippen LogP contribution in [-0.4, -0.2) is 18.3 Å². The Morgan fingerprint density at radius 2 is 2.00 bits per heavy atom. The molecule has 0 spiro atoms. The zero-order valence-corrected chi connectivity index (χ0v) is 8.92. The monoisotopic (exact) mass is 194 g/mol. The second-order valence-electron chi connectivity index (χ2n) is 3.17. The summed E-state index contributed by atoms with van der Waals surface area (Å²) in [4.78, 5) is 0. The number of rotatable bonds is 5. The zero-order chi connectivity index (χ0) is 10.4. The average molecular weight is 194 g/mol. The maximum Gasteiger partial charge on any atom is 0.122 e. The molecule has 0 radical (unpaired) electrons. The lowest BCUT2D eigenvalue weighted by Crippen LogP contribution is -2.05. The Morgan fingerprint density at radius 3 is 2.57 bits per heavy atom. The van der Waals surface area contributed by atoms with Crippen LogP contribution in [0.2, 0.25) is 0 Å². The van der Waals surface area contributed by atoms with Gasteiger partial charge in [-0.05, 0) is 30.0 Å². The summed E-state index contributed by atoms with van der Waals surface area (Å²) in [6.07, 6.45) is 2.00. The number of benzene rings is 1. The van der Waals surface area contributed by atoms with Crippen molar-refractivity contribution in [2.45, 2.75) is 26.7 Å². The number of aliphatic hydroxyl groups is 1. The minimum absolute atomic E-state index is 0.0690. The van der Waals surface area contributed by atoms with Crippen LogP contribution in [0.25, 0.3) is 0 Å². The summed E-state index contributed by atoms with van der Waals surface area (Å²) in [5.74, 6) is 0.918. The summed E-state index contributed by atoms with van der Waals surface area (Å²) in [6.45, 7) is 4.71. The molecule has 0 aliphatic rings. The van der Waals surface area contributed by atoms with Crippen LogP contribution >= 0.6 is 0 Å². The summed E-state index contributed by atoms with van der Waals surface area (Å²) < 4.78 is 5.47. The van der Waals surface area contributed by atoms with Gasteiger partial charge in [0, 0.05) is 0 Å². The Bertz CT molecular complexity index is 282. The molecule has 2 nitrogen and oxygen atoms in total. The van der Waals surface area contributed by atoms with E-state index in [1.165, 1.54) is 11.1 Å². The van der Waals surface area contributed by atoms with E-state index in [1.54, 1.807) is 0 Å². The van der Waals surface area contributed by atoms with E-state index in [0.717, 1.165) is 18.6 Å². The molecule has 1 N–H and O–H groups in total. The zero-order valence-electron chi connectivity index (χ0n) is 8.92. The van der Waals surface area contributed by atoms with Crippen LogP contribution in [0.5, 0.6) is 5.75 Å². The minimum atomic E-state index is 0.0690. The van der Waals surface area contributed by atoms with Crippen LogP contribution in [0.4, 0.5) is 0 Å². The van der Waals surface area contributed by atoms with Gasteiger partial charge in [-0.25, -0.2) is 0 Å². The highest BCUT2D eigenvalue weighted by atomic mass is 16.5. The minimum Gasteiger partial charge on any atom is -0.491 e. The molecule has 0 atom stereocenters. The molecule has 78 valence electrons. The van der Waals surface area contributed by atoms with Crippen LogP contribution < -0.4 is 4.74 Å². The van der Waals surface area contributed by atoms with Crippen molar-refractivity contribution in [1.82, 2.24) is 0 Å². The van der Waals surface area contributed by atoms with E-state index < -0.39 is 0 Å². The van der Waals surface area contributed by atoms with Crippen molar-refractivity contribution in [1.29, 1.82) is 0 Å². The lowest BCUT2D eigenvalue weighted by molar-refractivity contribution is 0.200. The maximum atomic E-state index is 8.69. The lowest BCUT2D eigenvalue weighted by Gasteiger charge is -2.12. The molecule has 0 bridgehead atoms. The number of aryl methyl sites for hydroxylation is 1. The molecule has 2 heteroatoms. The SMILES string of the molecule is CCc1cccc(OCCO)c1CC. The molecular formula is C12H18O2. The summed E-state index contributed by atoms with van der Waals surface area (Å²) in [5, 5.41) is 8.69. The third-order valence-corrected chi connectivity index (χ3v) is 2.31. The van der Waals surface area contributed by atoms with Gasteiger partial charge < -0.3 is 9.84 Å². The fourth-order valence-corrected chi connectivity index (χ4v) is 1.63. The topological polar surface area (TPSA) is 29.5 Å². The fourth-order valence-electron chi connectivity index (χ4n) is 1.63. The largest absolute Gasteiger partial charge is 0.491 e. The van der Waals surface area contributed by atoms with E-state index in [2.05, 4.69) is 19.9 Å². The van der Waals surface area contributed by atoms with E-state index in [0.29, 0.717) is 6.61 Å². The molecule has 0 aliphatic heterocycles. The normalized spacial score (nSPS) is 10.2. The van der Waals surface area contributed by atoms with Crippen LogP contribution in [0, 0.1) is 0 Å². The standard InChI is InChI=1S/C12H18O2/c1-3-10-6-5-7-12(11(10)4-2)14-9-8-13/h5-7,13H,3-4,8-9H2,1-2H3. The van der Waals surface area contributed by atoms with E-state index >= 15 is 0 Å². The Balaban J connectivity index is 2.90. The Labute approximate surface area is 85.5 Å². The summed E-state index contributed by atoms with van der Waals surface area (Å²) in [7, 11) is 0. The molecule has 0 unspecified atom stereocenters. The third kappa shape index (κ3) is 2.48. The third-order valence-electron chi connectivity index (χ3n) is 2.31. The molecule has 0 saturated carbocycles. The summed E-state index contributed by atoms with van der Waals surface area (Å²) in [5.41, 5.74) is 2.60. The van der Waals surface area contributed by atoms with Gasteiger partial charge in [0.15, 0.2) is 0 Å². The predicted molar refractivity (Wildman–Crippen MR) is 57.8 cm³/mol. The van der Waals surface area contributed by atoms with Crippen LogP contribution in [0.3, 0.4) is 0 Å². The second-order valence-corrected chi connectivity index (χ2v) is 3.17.